The van der Waals surface area contributed by atoms with Crippen molar-refractivity contribution < 1.29 is 22.7 Å². The minimum absolute atomic E-state index is 0.0185. The third-order valence-corrected chi connectivity index (χ3v) is 8.77. The molecule has 0 bridgehead atoms. The summed E-state index contributed by atoms with van der Waals surface area (Å²) in [5, 5.41) is 3.06. The summed E-state index contributed by atoms with van der Waals surface area (Å²) in [6.45, 7) is -0.494. The average Bonchev–Trinajstić information content (AvgIpc) is 3.02. The minimum atomic E-state index is -4.19. The molecule has 4 aromatic rings. The normalized spacial score (nSPS) is 11.8. The van der Waals surface area contributed by atoms with Crippen molar-refractivity contribution in [3.05, 3.63) is 125 Å². The van der Waals surface area contributed by atoms with Crippen molar-refractivity contribution >= 4 is 39.1 Å². The Kier molecular flexibility index (Phi) is 10.2. The average molecular weight is 606 g/mol. The number of para-hydroxylation sites is 1. The van der Waals surface area contributed by atoms with E-state index < -0.39 is 28.5 Å². The zero-order chi connectivity index (χ0) is 30.1. The van der Waals surface area contributed by atoms with Crippen molar-refractivity contribution in [2.45, 2.75) is 23.9 Å². The van der Waals surface area contributed by atoms with Gasteiger partial charge in [0.1, 0.15) is 18.3 Å². The monoisotopic (exact) mass is 605 g/mol. The van der Waals surface area contributed by atoms with E-state index in [-0.39, 0.29) is 23.8 Å². The largest absolute Gasteiger partial charge is 0.497 e. The van der Waals surface area contributed by atoms with Crippen LogP contribution in [-0.2, 0) is 32.6 Å². The number of hydrogen-bond donors (Lipinski definition) is 1. The third-order valence-electron chi connectivity index (χ3n) is 6.73. The summed E-state index contributed by atoms with van der Waals surface area (Å²) in [5.74, 6) is -0.332. The zero-order valence-electron chi connectivity index (χ0n) is 23.3. The maximum atomic E-state index is 14.3. The summed E-state index contributed by atoms with van der Waals surface area (Å²) in [6.07, 6.45) is 0.228. The topological polar surface area (TPSA) is 96.0 Å². The Morgan fingerprint density at radius 3 is 2.10 bits per heavy atom. The van der Waals surface area contributed by atoms with Crippen molar-refractivity contribution in [2.24, 2.45) is 0 Å². The molecule has 0 spiro atoms. The van der Waals surface area contributed by atoms with Crippen molar-refractivity contribution in [3.8, 4) is 5.75 Å². The lowest BCUT2D eigenvalue weighted by molar-refractivity contribution is -0.139. The molecule has 4 rings (SSSR count). The number of anilines is 1. The van der Waals surface area contributed by atoms with Gasteiger partial charge in [-0.15, -0.1) is 0 Å². The number of nitrogens with one attached hydrogen (secondary N) is 1. The fourth-order valence-electron chi connectivity index (χ4n) is 4.54. The van der Waals surface area contributed by atoms with Gasteiger partial charge < -0.3 is 15.0 Å². The minimum Gasteiger partial charge on any atom is -0.497 e. The Morgan fingerprint density at radius 1 is 0.857 bits per heavy atom. The molecule has 0 aromatic heterocycles. The Bertz CT molecular complexity index is 1600. The summed E-state index contributed by atoms with van der Waals surface area (Å²) in [5.41, 5.74) is 1.88. The number of hydrogen-bond acceptors (Lipinski definition) is 5. The van der Waals surface area contributed by atoms with Crippen molar-refractivity contribution in [1.82, 2.24) is 10.2 Å². The molecule has 8 nitrogen and oxygen atoms in total. The van der Waals surface area contributed by atoms with Crippen molar-refractivity contribution in [1.29, 1.82) is 0 Å². The number of nitrogens with zero attached hydrogens (tertiary/aromatic N) is 2. The van der Waals surface area contributed by atoms with Gasteiger partial charge in [0.05, 0.1) is 17.7 Å². The molecule has 4 aromatic carbocycles. The van der Waals surface area contributed by atoms with E-state index in [1.54, 1.807) is 55.6 Å². The second-order valence-electron chi connectivity index (χ2n) is 9.49. The second kappa shape index (κ2) is 14.0. The van der Waals surface area contributed by atoms with Crippen LogP contribution in [0.1, 0.15) is 11.1 Å². The van der Waals surface area contributed by atoms with Crippen LogP contribution in [0.25, 0.3) is 0 Å². The first-order valence-corrected chi connectivity index (χ1v) is 15.1. The number of benzene rings is 4. The quantitative estimate of drug-likeness (QED) is 0.247. The van der Waals surface area contributed by atoms with E-state index in [1.807, 2.05) is 36.4 Å². The molecule has 0 saturated carbocycles. The molecule has 0 heterocycles. The number of carbonyl (C=O) groups excluding carboxylic acids is 2. The van der Waals surface area contributed by atoms with Gasteiger partial charge in [0.2, 0.25) is 11.8 Å². The Morgan fingerprint density at radius 2 is 1.48 bits per heavy atom. The van der Waals surface area contributed by atoms with Gasteiger partial charge in [-0.25, -0.2) is 8.42 Å². The standard InChI is InChI=1S/C32H32ClN3O5S/c1-34-32(38)30(21-24-10-5-3-6-11-24)35(22-25-12-9-15-28(20-25)41-2)31(37)23-36(27-13-7-4-8-14-27)42(39,40)29-18-16-26(33)17-19-29/h3-20,30H,21-23H2,1-2H3,(H,34,38)/t30-/m1/s1. The molecule has 0 radical (unpaired) electrons. The number of ether oxygens (including phenoxy) is 1. The van der Waals surface area contributed by atoms with Crippen molar-refractivity contribution in [3.63, 3.8) is 0 Å². The summed E-state index contributed by atoms with van der Waals surface area (Å²) < 4.78 is 34.2. The van der Waals surface area contributed by atoms with E-state index in [2.05, 4.69) is 5.32 Å². The molecule has 1 N–H and O–H groups in total. The van der Waals surface area contributed by atoms with Gasteiger partial charge in [0.15, 0.2) is 0 Å². The maximum absolute atomic E-state index is 14.3. The zero-order valence-corrected chi connectivity index (χ0v) is 24.9. The van der Waals surface area contributed by atoms with E-state index in [4.69, 9.17) is 16.3 Å². The van der Waals surface area contributed by atoms with E-state index in [9.17, 15) is 18.0 Å². The van der Waals surface area contributed by atoms with E-state index in [1.165, 1.54) is 36.2 Å². The molecule has 10 heteroatoms. The predicted molar refractivity (Wildman–Crippen MR) is 164 cm³/mol. The van der Waals surface area contributed by atoms with Gasteiger partial charge in [-0.1, -0.05) is 72.3 Å². The lowest BCUT2D eigenvalue weighted by Crippen LogP contribution is -2.53. The van der Waals surface area contributed by atoms with Gasteiger partial charge in [-0.05, 0) is 59.7 Å². The molecular weight excluding hydrogens is 574 g/mol. The van der Waals surface area contributed by atoms with Gasteiger partial charge >= 0.3 is 0 Å². The van der Waals surface area contributed by atoms with E-state index in [0.29, 0.717) is 16.5 Å². The Labute approximate surface area is 251 Å². The van der Waals surface area contributed by atoms with Crippen molar-refractivity contribution in [2.75, 3.05) is 25.0 Å². The second-order valence-corrected chi connectivity index (χ2v) is 11.8. The summed E-state index contributed by atoms with van der Waals surface area (Å²) in [4.78, 5) is 29.0. The van der Waals surface area contributed by atoms with Crippen LogP contribution in [0.3, 0.4) is 0 Å². The molecule has 0 aliphatic heterocycles. The van der Waals surface area contributed by atoms with Crippen LogP contribution in [0, 0.1) is 0 Å². The summed E-state index contributed by atoms with van der Waals surface area (Å²) in [7, 11) is -1.13. The third kappa shape index (κ3) is 7.48. The molecular formula is C32H32ClN3O5S. The smallest absolute Gasteiger partial charge is 0.264 e. The van der Waals surface area contributed by atoms with E-state index in [0.717, 1.165) is 15.4 Å². The Hall–Kier alpha value is -4.34. The highest BCUT2D eigenvalue weighted by Crippen LogP contribution is 2.26. The van der Waals surface area contributed by atoms with Crippen LogP contribution in [0.5, 0.6) is 5.75 Å². The molecule has 1 atom stereocenters. The molecule has 0 saturated heterocycles. The Balaban J connectivity index is 1.77. The van der Waals surface area contributed by atoms with Crippen LogP contribution in [-0.4, -0.2) is 51.9 Å². The van der Waals surface area contributed by atoms with Gasteiger partial charge in [-0.2, -0.15) is 0 Å². The molecule has 218 valence electrons. The van der Waals surface area contributed by atoms with Crippen LogP contribution in [0.15, 0.2) is 114 Å². The van der Waals surface area contributed by atoms with Crippen LogP contribution < -0.4 is 14.4 Å². The number of amides is 2. The molecule has 0 fully saturated rings. The lowest BCUT2D eigenvalue weighted by atomic mass is 10.0. The number of sulfonamides is 1. The van der Waals surface area contributed by atoms with Crippen LogP contribution in [0.2, 0.25) is 5.02 Å². The number of halogens is 1. The van der Waals surface area contributed by atoms with Gasteiger partial charge in [0.25, 0.3) is 10.0 Å². The molecule has 42 heavy (non-hydrogen) atoms. The highest BCUT2D eigenvalue weighted by atomic mass is 35.5. The van der Waals surface area contributed by atoms with Crippen LogP contribution in [0.4, 0.5) is 5.69 Å². The van der Waals surface area contributed by atoms with Gasteiger partial charge in [-0.3, -0.25) is 13.9 Å². The molecule has 0 aliphatic rings. The van der Waals surface area contributed by atoms with E-state index >= 15 is 0 Å². The predicted octanol–water partition coefficient (Wildman–Crippen LogP) is 4.93. The molecule has 0 aliphatic carbocycles. The first kappa shape index (κ1) is 30.6. The van der Waals surface area contributed by atoms with Gasteiger partial charge in [0, 0.05) is 25.0 Å². The van der Waals surface area contributed by atoms with Crippen LogP contribution >= 0.6 is 11.6 Å². The molecule has 2 amide bonds. The maximum Gasteiger partial charge on any atom is 0.264 e. The highest BCUT2D eigenvalue weighted by Gasteiger charge is 2.34. The SMILES string of the molecule is CNC(=O)[C@@H](Cc1ccccc1)N(Cc1cccc(OC)c1)C(=O)CN(c1ccccc1)S(=O)(=O)c1ccc(Cl)cc1. The summed E-state index contributed by atoms with van der Waals surface area (Å²) >= 11 is 6.01. The number of methoxy groups -OCH3 is 1. The first-order valence-electron chi connectivity index (χ1n) is 13.2. The number of likely N-dealkylation sites (N-methyl/N-ethyl adjacent to an activating group) is 1. The fourth-order valence-corrected chi connectivity index (χ4v) is 6.09. The number of rotatable bonds is 12. The fraction of sp³-hybridized carbons (Fsp3) is 0.188. The number of carbonyl (C=O) groups is 2. The lowest BCUT2D eigenvalue weighted by Gasteiger charge is -2.33. The summed E-state index contributed by atoms with van der Waals surface area (Å²) in [6, 6.07) is 29.8. The molecule has 0 unspecified atom stereocenters. The highest BCUT2D eigenvalue weighted by molar-refractivity contribution is 7.92. The first-order chi connectivity index (χ1) is 20.2.